The minimum atomic E-state index is -2.81. The van der Waals surface area contributed by atoms with E-state index in [1.165, 1.54) is 6.26 Å². The molecule has 0 aromatic heterocycles. The fourth-order valence-corrected chi connectivity index (χ4v) is 2.40. The van der Waals surface area contributed by atoms with Crippen LogP contribution in [0.1, 0.15) is 39.5 Å². The van der Waals surface area contributed by atoms with Crippen molar-refractivity contribution in [2.75, 3.05) is 12.0 Å². The van der Waals surface area contributed by atoms with Crippen LogP contribution in [0.4, 0.5) is 0 Å². The van der Waals surface area contributed by atoms with E-state index < -0.39 is 9.84 Å². The summed E-state index contributed by atoms with van der Waals surface area (Å²) in [6.45, 7) is 4.26. The summed E-state index contributed by atoms with van der Waals surface area (Å²) in [5.41, 5.74) is 5.97. The van der Waals surface area contributed by atoms with E-state index in [9.17, 15) is 8.42 Å². The summed E-state index contributed by atoms with van der Waals surface area (Å²) in [4.78, 5) is 0. The zero-order chi connectivity index (χ0) is 11.2. The van der Waals surface area contributed by atoms with Crippen LogP contribution in [0.5, 0.6) is 0 Å². The molecular weight excluding hydrogens is 198 g/mol. The molecule has 0 saturated heterocycles. The third-order valence-corrected chi connectivity index (χ3v) is 3.74. The van der Waals surface area contributed by atoms with Crippen molar-refractivity contribution in [3.8, 4) is 0 Å². The Morgan fingerprint density at radius 1 is 1.21 bits per heavy atom. The van der Waals surface area contributed by atoms with E-state index in [2.05, 4.69) is 13.8 Å². The molecule has 1 atom stereocenters. The second-order valence-electron chi connectivity index (χ2n) is 4.01. The summed E-state index contributed by atoms with van der Waals surface area (Å²) in [5.74, 6) is 0.801. The maximum Gasteiger partial charge on any atom is 0.147 e. The molecule has 0 aliphatic rings. The van der Waals surface area contributed by atoms with Gasteiger partial charge in [0.1, 0.15) is 9.84 Å². The number of nitrogens with two attached hydrogens (primary N) is 1. The van der Waals surface area contributed by atoms with Crippen LogP contribution < -0.4 is 5.73 Å². The second kappa shape index (κ2) is 6.40. The highest BCUT2D eigenvalue weighted by Crippen LogP contribution is 2.15. The first-order valence-corrected chi connectivity index (χ1v) is 7.40. The Kier molecular flexibility index (Phi) is 6.36. The number of rotatable bonds is 7. The molecule has 2 N–H and O–H groups in total. The van der Waals surface area contributed by atoms with E-state index in [0.29, 0.717) is 12.3 Å². The topological polar surface area (TPSA) is 60.2 Å². The van der Waals surface area contributed by atoms with Gasteiger partial charge < -0.3 is 5.73 Å². The van der Waals surface area contributed by atoms with Gasteiger partial charge in [0.2, 0.25) is 0 Å². The number of hydrogen-bond donors (Lipinski definition) is 1. The lowest BCUT2D eigenvalue weighted by Gasteiger charge is -2.20. The van der Waals surface area contributed by atoms with Crippen molar-refractivity contribution >= 4 is 9.84 Å². The number of hydrogen-bond acceptors (Lipinski definition) is 3. The van der Waals surface area contributed by atoms with E-state index in [1.807, 2.05) is 0 Å². The lowest BCUT2D eigenvalue weighted by Crippen LogP contribution is -2.29. The lowest BCUT2D eigenvalue weighted by molar-refractivity contribution is 0.375. The van der Waals surface area contributed by atoms with E-state index >= 15 is 0 Å². The first kappa shape index (κ1) is 13.9. The Labute approximate surface area is 88.0 Å². The van der Waals surface area contributed by atoms with Gasteiger partial charge in [0.25, 0.3) is 0 Å². The van der Waals surface area contributed by atoms with Gasteiger partial charge in [-0.1, -0.05) is 26.7 Å². The molecule has 0 saturated carbocycles. The zero-order valence-electron chi connectivity index (χ0n) is 9.49. The third-order valence-electron chi connectivity index (χ3n) is 2.71. The van der Waals surface area contributed by atoms with E-state index in [-0.39, 0.29) is 11.8 Å². The van der Waals surface area contributed by atoms with Crippen molar-refractivity contribution in [2.24, 2.45) is 11.7 Å². The largest absolute Gasteiger partial charge is 0.327 e. The van der Waals surface area contributed by atoms with Crippen LogP contribution in [0.15, 0.2) is 0 Å². The summed E-state index contributed by atoms with van der Waals surface area (Å²) in [6, 6.07) is 0.159. The van der Waals surface area contributed by atoms with Crippen molar-refractivity contribution in [1.82, 2.24) is 0 Å². The van der Waals surface area contributed by atoms with Gasteiger partial charge >= 0.3 is 0 Å². The second-order valence-corrected chi connectivity index (χ2v) is 6.27. The molecule has 0 aliphatic carbocycles. The molecule has 1 unspecified atom stereocenters. The highest BCUT2D eigenvalue weighted by atomic mass is 32.2. The van der Waals surface area contributed by atoms with Gasteiger partial charge in [-0.3, -0.25) is 0 Å². The molecule has 0 rings (SSSR count). The minimum Gasteiger partial charge on any atom is -0.327 e. The Morgan fingerprint density at radius 2 is 1.71 bits per heavy atom. The van der Waals surface area contributed by atoms with E-state index in [0.717, 1.165) is 19.3 Å². The lowest BCUT2D eigenvalue weighted by atomic mass is 9.92. The quantitative estimate of drug-likeness (QED) is 0.710. The highest BCUT2D eigenvalue weighted by Gasteiger charge is 2.14. The van der Waals surface area contributed by atoms with Gasteiger partial charge in [-0.2, -0.15) is 0 Å². The van der Waals surface area contributed by atoms with Crippen LogP contribution in [-0.4, -0.2) is 26.5 Å². The molecule has 3 nitrogen and oxygen atoms in total. The van der Waals surface area contributed by atoms with Gasteiger partial charge in [0, 0.05) is 18.1 Å². The fraction of sp³-hybridized carbons (Fsp3) is 1.00. The summed E-state index contributed by atoms with van der Waals surface area (Å²) in [7, 11) is -2.81. The molecule has 4 heteroatoms. The molecule has 0 aliphatic heterocycles. The molecule has 0 bridgehead atoms. The first-order valence-electron chi connectivity index (χ1n) is 5.34. The Hall–Kier alpha value is -0.0900. The summed E-state index contributed by atoms with van der Waals surface area (Å²) in [6.07, 6.45) is 4.94. The van der Waals surface area contributed by atoms with Crippen LogP contribution in [-0.2, 0) is 9.84 Å². The van der Waals surface area contributed by atoms with Crippen LogP contribution in [0, 0.1) is 5.92 Å². The van der Waals surface area contributed by atoms with Crippen LogP contribution in [0.2, 0.25) is 0 Å². The van der Waals surface area contributed by atoms with E-state index in [4.69, 9.17) is 5.73 Å². The van der Waals surface area contributed by atoms with Crippen LogP contribution in [0.3, 0.4) is 0 Å². The molecule has 0 radical (unpaired) electrons. The van der Waals surface area contributed by atoms with Gasteiger partial charge in [-0.25, -0.2) is 8.42 Å². The normalized spacial score (nSPS) is 14.6. The molecule has 14 heavy (non-hydrogen) atoms. The zero-order valence-corrected chi connectivity index (χ0v) is 10.3. The molecular formula is C10H23NO2S. The summed E-state index contributed by atoms with van der Waals surface area (Å²) in [5, 5.41) is 0. The predicted molar refractivity (Wildman–Crippen MR) is 61.0 cm³/mol. The van der Waals surface area contributed by atoms with Crippen molar-refractivity contribution in [3.63, 3.8) is 0 Å². The SMILES string of the molecule is CCC(CC)C(N)CCCS(C)(=O)=O. The molecule has 0 aromatic rings. The highest BCUT2D eigenvalue weighted by molar-refractivity contribution is 7.90. The van der Waals surface area contributed by atoms with Gasteiger partial charge in [-0.15, -0.1) is 0 Å². The average molecular weight is 221 g/mol. The van der Waals surface area contributed by atoms with Crippen LogP contribution in [0.25, 0.3) is 0 Å². The van der Waals surface area contributed by atoms with Gasteiger partial charge in [0.15, 0.2) is 0 Å². The minimum absolute atomic E-state index is 0.159. The molecule has 0 fully saturated rings. The Morgan fingerprint density at radius 3 is 2.07 bits per heavy atom. The van der Waals surface area contributed by atoms with Crippen molar-refractivity contribution < 1.29 is 8.42 Å². The monoisotopic (exact) mass is 221 g/mol. The van der Waals surface area contributed by atoms with Crippen molar-refractivity contribution in [3.05, 3.63) is 0 Å². The Balaban J connectivity index is 3.78. The van der Waals surface area contributed by atoms with Gasteiger partial charge in [0.05, 0.1) is 0 Å². The van der Waals surface area contributed by atoms with Crippen molar-refractivity contribution in [2.45, 2.75) is 45.6 Å². The molecule has 0 amide bonds. The molecule has 0 heterocycles. The molecule has 0 spiro atoms. The summed E-state index contributed by atoms with van der Waals surface area (Å²) >= 11 is 0. The first-order chi connectivity index (χ1) is 6.40. The third kappa shape index (κ3) is 6.38. The van der Waals surface area contributed by atoms with Crippen molar-refractivity contribution in [1.29, 1.82) is 0 Å². The molecule has 0 aromatic carbocycles. The smallest absolute Gasteiger partial charge is 0.147 e. The van der Waals surface area contributed by atoms with Crippen LogP contribution >= 0.6 is 0 Å². The predicted octanol–water partition coefficient (Wildman–Crippen LogP) is 1.57. The fourth-order valence-electron chi connectivity index (χ4n) is 1.71. The summed E-state index contributed by atoms with van der Waals surface area (Å²) < 4.78 is 21.8. The number of sulfone groups is 1. The standard InChI is InChI=1S/C10H23NO2S/c1-4-9(5-2)10(11)7-6-8-14(3,12)13/h9-10H,4-8,11H2,1-3H3. The van der Waals surface area contributed by atoms with E-state index in [1.54, 1.807) is 0 Å². The maximum atomic E-state index is 10.9. The Bertz CT molecular complexity index is 233. The maximum absolute atomic E-state index is 10.9. The average Bonchev–Trinajstić information content (AvgIpc) is 2.04. The van der Waals surface area contributed by atoms with Gasteiger partial charge in [-0.05, 0) is 18.8 Å². The molecule has 86 valence electrons.